The first-order chi connectivity index (χ1) is 13.6. The molecule has 0 aromatic heterocycles. The van der Waals surface area contributed by atoms with Gasteiger partial charge in [-0.25, -0.2) is 12.8 Å². The summed E-state index contributed by atoms with van der Waals surface area (Å²) in [7, 11) is -3.97. The van der Waals surface area contributed by atoms with Crippen LogP contribution in [0.5, 0.6) is 5.75 Å². The van der Waals surface area contributed by atoms with E-state index in [4.69, 9.17) is 9.47 Å². The first-order valence-electron chi connectivity index (χ1n) is 9.64. The number of benzene rings is 2. The van der Waals surface area contributed by atoms with Crippen LogP contribution in [0.1, 0.15) is 31.2 Å². The van der Waals surface area contributed by atoms with Crippen molar-refractivity contribution in [2.24, 2.45) is 0 Å². The summed E-state index contributed by atoms with van der Waals surface area (Å²) < 4.78 is 54.1. The Bertz CT molecular complexity index is 913. The van der Waals surface area contributed by atoms with E-state index < -0.39 is 21.9 Å². The van der Waals surface area contributed by atoms with Crippen molar-refractivity contribution in [3.05, 3.63) is 59.9 Å². The molecule has 5 nitrogen and oxygen atoms in total. The quantitative estimate of drug-likeness (QED) is 0.761. The zero-order valence-corrected chi connectivity index (χ0v) is 16.4. The fraction of sp³-hybridized carbons (Fsp3) is 0.429. The minimum atomic E-state index is -3.97. The van der Waals surface area contributed by atoms with Gasteiger partial charge in [-0.2, -0.15) is 4.31 Å². The van der Waals surface area contributed by atoms with Crippen LogP contribution in [0.15, 0.2) is 53.4 Å². The molecule has 0 N–H and O–H groups in total. The van der Waals surface area contributed by atoms with Gasteiger partial charge in [0.25, 0.3) is 0 Å². The van der Waals surface area contributed by atoms with Crippen LogP contribution in [-0.4, -0.2) is 38.0 Å². The third-order valence-electron chi connectivity index (χ3n) is 5.32. The molecule has 0 radical (unpaired) electrons. The Balaban J connectivity index is 1.58. The molecule has 0 bridgehead atoms. The molecule has 2 aromatic rings. The van der Waals surface area contributed by atoms with Crippen molar-refractivity contribution in [2.45, 2.75) is 49.3 Å². The van der Waals surface area contributed by atoms with Crippen molar-refractivity contribution >= 4 is 10.0 Å². The Labute approximate surface area is 165 Å². The minimum Gasteiger partial charge on any atom is -0.485 e. The lowest BCUT2D eigenvalue weighted by Gasteiger charge is -2.28. The summed E-state index contributed by atoms with van der Waals surface area (Å²) in [6.45, 7) is 0.798. The van der Waals surface area contributed by atoms with Gasteiger partial charge in [0.1, 0.15) is 17.7 Å². The standard InChI is InChI=1S/C21H24FNO4S/c22-19-11-6-12-20-21(19)28(24,25)23(17-9-4-5-10-17)13-18(27-20)15-26-14-16-7-2-1-3-8-16/h1-3,6-8,11-12,17-18H,4-5,9-10,13-15H2. The number of hydrogen-bond donors (Lipinski definition) is 0. The first-order valence-corrected chi connectivity index (χ1v) is 11.1. The van der Waals surface area contributed by atoms with Crippen LogP contribution in [0, 0.1) is 5.82 Å². The molecule has 1 aliphatic carbocycles. The van der Waals surface area contributed by atoms with Crippen molar-refractivity contribution in [1.82, 2.24) is 4.31 Å². The van der Waals surface area contributed by atoms with Gasteiger partial charge in [-0.1, -0.05) is 49.2 Å². The number of sulfonamides is 1. The maximum Gasteiger partial charge on any atom is 0.250 e. The van der Waals surface area contributed by atoms with Crippen molar-refractivity contribution in [3.8, 4) is 5.75 Å². The molecular formula is C21H24FNO4S. The number of ether oxygens (including phenoxy) is 2. The van der Waals surface area contributed by atoms with Gasteiger partial charge in [0.05, 0.1) is 19.8 Å². The molecule has 1 saturated carbocycles. The summed E-state index contributed by atoms with van der Waals surface area (Å²) in [5.74, 6) is -0.708. The van der Waals surface area contributed by atoms with E-state index in [0.717, 1.165) is 31.2 Å². The fourth-order valence-electron chi connectivity index (χ4n) is 3.97. The molecule has 0 amide bonds. The molecule has 150 valence electrons. The van der Waals surface area contributed by atoms with E-state index in [1.165, 1.54) is 22.5 Å². The minimum absolute atomic E-state index is 0.0637. The second-order valence-electron chi connectivity index (χ2n) is 7.32. The average Bonchev–Trinajstić information content (AvgIpc) is 3.17. The topological polar surface area (TPSA) is 55.8 Å². The Morgan fingerprint density at radius 1 is 1.07 bits per heavy atom. The zero-order valence-electron chi connectivity index (χ0n) is 15.6. The summed E-state index contributed by atoms with van der Waals surface area (Å²) in [5.41, 5.74) is 1.03. The average molecular weight is 405 g/mol. The second-order valence-corrected chi connectivity index (χ2v) is 9.15. The maximum absolute atomic E-state index is 14.5. The third-order valence-corrected chi connectivity index (χ3v) is 7.30. The highest BCUT2D eigenvalue weighted by Crippen LogP contribution is 2.37. The largest absolute Gasteiger partial charge is 0.485 e. The molecule has 1 fully saturated rings. The van der Waals surface area contributed by atoms with E-state index in [9.17, 15) is 12.8 Å². The Kier molecular flexibility index (Phi) is 5.66. The van der Waals surface area contributed by atoms with Crippen molar-refractivity contribution in [1.29, 1.82) is 0 Å². The van der Waals surface area contributed by atoms with E-state index in [0.29, 0.717) is 6.61 Å². The predicted molar refractivity (Wildman–Crippen MR) is 103 cm³/mol. The van der Waals surface area contributed by atoms with E-state index >= 15 is 0 Å². The lowest BCUT2D eigenvalue weighted by Crippen LogP contribution is -2.44. The normalized spacial score (nSPS) is 22.4. The Hall–Kier alpha value is -1.96. The van der Waals surface area contributed by atoms with Crippen LogP contribution in [-0.2, 0) is 21.4 Å². The van der Waals surface area contributed by atoms with Crippen LogP contribution in [0.25, 0.3) is 0 Å². The second kappa shape index (κ2) is 8.19. The number of fused-ring (bicyclic) bond motifs is 1. The van der Waals surface area contributed by atoms with E-state index in [1.807, 2.05) is 30.3 Å². The summed E-state index contributed by atoms with van der Waals surface area (Å²) in [4.78, 5) is -0.354. The predicted octanol–water partition coefficient (Wildman–Crippen LogP) is 3.74. The molecule has 1 heterocycles. The number of rotatable bonds is 5. The fourth-order valence-corrected chi connectivity index (χ4v) is 5.86. The highest BCUT2D eigenvalue weighted by Gasteiger charge is 2.41. The maximum atomic E-state index is 14.5. The van der Waals surface area contributed by atoms with Crippen LogP contribution in [0.2, 0.25) is 0 Å². The number of halogens is 1. The van der Waals surface area contributed by atoms with Gasteiger partial charge < -0.3 is 9.47 Å². The summed E-state index contributed by atoms with van der Waals surface area (Å²) in [5, 5.41) is 0. The van der Waals surface area contributed by atoms with Gasteiger partial charge in [-0.3, -0.25) is 0 Å². The molecule has 0 spiro atoms. The molecule has 2 aromatic carbocycles. The lowest BCUT2D eigenvalue weighted by molar-refractivity contribution is 0.0309. The first kappa shape index (κ1) is 19.4. The Morgan fingerprint density at radius 3 is 2.57 bits per heavy atom. The smallest absolute Gasteiger partial charge is 0.250 e. The van der Waals surface area contributed by atoms with Gasteiger partial charge in [0.2, 0.25) is 10.0 Å². The molecular weight excluding hydrogens is 381 g/mol. The van der Waals surface area contributed by atoms with Crippen molar-refractivity contribution < 1.29 is 22.3 Å². The lowest BCUT2D eigenvalue weighted by atomic mass is 10.2. The van der Waals surface area contributed by atoms with Crippen LogP contribution in [0.4, 0.5) is 4.39 Å². The van der Waals surface area contributed by atoms with Crippen molar-refractivity contribution in [2.75, 3.05) is 13.2 Å². The highest BCUT2D eigenvalue weighted by molar-refractivity contribution is 7.89. The molecule has 2 aliphatic rings. The van der Waals surface area contributed by atoms with E-state index in [2.05, 4.69) is 0 Å². The van der Waals surface area contributed by atoms with Gasteiger partial charge in [0, 0.05) is 6.04 Å². The van der Waals surface area contributed by atoms with Crippen LogP contribution < -0.4 is 4.74 Å². The number of hydrogen-bond acceptors (Lipinski definition) is 4. The molecule has 1 atom stereocenters. The van der Waals surface area contributed by atoms with E-state index in [1.54, 1.807) is 0 Å². The van der Waals surface area contributed by atoms with E-state index in [-0.39, 0.29) is 29.8 Å². The number of nitrogens with zero attached hydrogens (tertiary/aromatic N) is 1. The molecule has 1 unspecified atom stereocenters. The van der Waals surface area contributed by atoms with Crippen LogP contribution >= 0.6 is 0 Å². The molecule has 4 rings (SSSR count). The van der Waals surface area contributed by atoms with Gasteiger partial charge in [-0.15, -0.1) is 0 Å². The van der Waals surface area contributed by atoms with Gasteiger partial charge in [0.15, 0.2) is 4.90 Å². The summed E-state index contributed by atoms with van der Waals surface area (Å²) >= 11 is 0. The summed E-state index contributed by atoms with van der Waals surface area (Å²) in [6, 6.07) is 13.8. The van der Waals surface area contributed by atoms with Crippen molar-refractivity contribution in [3.63, 3.8) is 0 Å². The third kappa shape index (κ3) is 3.92. The monoisotopic (exact) mass is 405 g/mol. The van der Waals surface area contributed by atoms with Gasteiger partial charge >= 0.3 is 0 Å². The van der Waals surface area contributed by atoms with Crippen LogP contribution in [0.3, 0.4) is 0 Å². The molecule has 7 heteroatoms. The molecule has 28 heavy (non-hydrogen) atoms. The molecule has 1 aliphatic heterocycles. The molecule has 0 saturated heterocycles. The zero-order chi connectivity index (χ0) is 19.6. The highest BCUT2D eigenvalue weighted by atomic mass is 32.2. The Morgan fingerprint density at radius 2 is 1.82 bits per heavy atom. The SMILES string of the molecule is O=S1(=O)c2c(F)cccc2OC(COCc2ccccc2)CN1C1CCCC1. The van der Waals surface area contributed by atoms with Gasteiger partial charge in [-0.05, 0) is 30.5 Å². The summed E-state index contributed by atoms with van der Waals surface area (Å²) in [6.07, 6.45) is 3.05.